The van der Waals surface area contributed by atoms with Gasteiger partial charge in [-0.1, -0.05) is 65.0 Å². The molecule has 0 aliphatic heterocycles. The molecule has 0 radical (unpaired) electrons. The molecular weight excluding hydrogens is 335 g/mol. The normalized spacial score (nSPS) is 14.6. The van der Waals surface area contributed by atoms with Crippen molar-refractivity contribution in [3.8, 4) is 11.5 Å². The summed E-state index contributed by atoms with van der Waals surface area (Å²) in [5.41, 5.74) is 1.37. The molecule has 0 aliphatic rings. The van der Waals surface area contributed by atoms with E-state index in [-0.39, 0.29) is 16.6 Å². The highest BCUT2D eigenvalue weighted by atomic mass is 31.2. The predicted molar refractivity (Wildman–Crippen MR) is 101 cm³/mol. The molecule has 25 heavy (non-hydrogen) atoms. The summed E-state index contributed by atoms with van der Waals surface area (Å²) < 4.78 is 22.4. The minimum atomic E-state index is -4.23. The Kier molecular flexibility index (Phi) is 5.65. The molecule has 5 heteroatoms. The van der Waals surface area contributed by atoms with Gasteiger partial charge in [-0.2, -0.15) is 0 Å². The maximum absolute atomic E-state index is 12.1. The van der Waals surface area contributed by atoms with Crippen molar-refractivity contribution >= 4 is 7.82 Å². The van der Waals surface area contributed by atoms with Gasteiger partial charge in [-0.25, -0.2) is 4.57 Å². The van der Waals surface area contributed by atoms with Crippen LogP contribution in [0.2, 0.25) is 0 Å². The van der Waals surface area contributed by atoms with E-state index in [2.05, 4.69) is 34.6 Å². The highest BCUT2D eigenvalue weighted by Crippen LogP contribution is 2.45. The molecule has 0 bridgehead atoms. The predicted octanol–water partition coefficient (Wildman–Crippen LogP) is 5.96. The van der Waals surface area contributed by atoms with Crippen LogP contribution in [0.3, 0.4) is 0 Å². The first kappa shape index (κ1) is 19.6. The highest BCUT2D eigenvalue weighted by molar-refractivity contribution is 7.48. The van der Waals surface area contributed by atoms with Crippen LogP contribution in [0.5, 0.6) is 11.5 Å². The summed E-state index contributed by atoms with van der Waals surface area (Å²) in [4.78, 5) is 9.91. The smallest absolute Gasteiger partial charge is 0.395 e. The van der Waals surface area contributed by atoms with E-state index in [9.17, 15) is 9.46 Å². The molecule has 2 aromatic carbocycles. The monoisotopic (exact) mass is 362 g/mol. The fraction of sp³-hybridized carbons (Fsp3) is 0.400. The molecule has 0 saturated heterocycles. The summed E-state index contributed by atoms with van der Waals surface area (Å²) in [6, 6.07) is 15.7. The third-order valence-corrected chi connectivity index (χ3v) is 4.68. The summed E-state index contributed by atoms with van der Waals surface area (Å²) in [5, 5.41) is 0. The maximum Gasteiger partial charge on any atom is 0.584 e. The quantitative estimate of drug-likeness (QED) is 0.644. The SMILES string of the molecule is CC(C)(C)CC(C)(C)c1ccc(OP(=O)(O)Oc2ccccc2)cc1. The summed E-state index contributed by atoms with van der Waals surface area (Å²) in [7, 11) is -4.23. The van der Waals surface area contributed by atoms with Crippen LogP contribution < -0.4 is 9.05 Å². The molecule has 0 amide bonds. The van der Waals surface area contributed by atoms with Crippen molar-refractivity contribution in [2.45, 2.75) is 46.5 Å². The number of benzene rings is 2. The Hall–Kier alpha value is -1.77. The number of phosphoric ester groups is 1. The van der Waals surface area contributed by atoms with E-state index in [1.54, 1.807) is 42.5 Å². The van der Waals surface area contributed by atoms with Gasteiger partial charge in [0.2, 0.25) is 0 Å². The highest BCUT2D eigenvalue weighted by Gasteiger charge is 2.28. The molecule has 0 saturated carbocycles. The Bertz CT molecular complexity index is 731. The molecule has 0 fully saturated rings. The van der Waals surface area contributed by atoms with Crippen LogP contribution >= 0.6 is 7.82 Å². The Labute approximate surface area is 150 Å². The largest absolute Gasteiger partial charge is 0.584 e. The van der Waals surface area contributed by atoms with Crippen LogP contribution in [0, 0.1) is 5.41 Å². The lowest BCUT2D eigenvalue weighted by molar-refractivity contribution is 0.283. The van der Waals surface area contributed by atoms with Crippen molar-refractivity contribution < 1.29 is 18.5 Å². The molecule has 4 nitrogen and oxygen atoms in total. The number of rotatable bonds is 6. The lowest BCUT2D eigenvalue weighted by Gasteiger charge is -2.33. The van der Waals surface area contributed by atoms with Crippen molar-refractivity contribution in [3.05, 3.63) is 60.2 Å². The third kappa shape index (κ3) is 6.22. The van der Waals surface area contributed by atoms with Gasteiger partial charge < -0.3 is 9.05 Å². The van der Waals surface area contributed by atoms with Crippen LogP contribution in [0.4, 0.5) is 0 Å². The molecule has 1 atom stereocenters. The molecule has 1 N–H and O–H groups in total. The molecular formula is C20H27O4P. The fourth-order valence-corrected chi connectivity index (χ4v) is 3.97. The average Bonchev–Trinajstić information content (AvgIpc) is 2.45. The first-order chi connectivity index (χ1) is 11.5. The third-order valence-electron chi connectivity index (χ3n) is 3.79. The average molecular weight is 362 g/mol. The molecule has 0 aliphatic carbocycles. The van der Waals surface area contributed by atoms with Crippen LogP contribution in [0.25, 0.3) is 0 Å². The van der Waals surface area contributed by atoms with Crippen LogP contribution in [0.1, 0.15) is 46.6 Å². The number of phosphoric acid groups is 1. The first-order valence-corrected chi connectivity index (χ1v) is 9.84. The molecule has 2 aromatic rings. The lowest BCUT2D eigenvalue weighted by atomic mass is 9.72. The lowest BCUT2D eigenvalue weighted by Crippen LogP contribution is -2.24. The second kappa shape index (κ2) is 7.23. The van der Waals surface area contributed by atoms with Crippen LogP contribution in [-0.2, 0) is 9.98 Å². The number of hydrogen-bond donors (Lipinski definition) is 1. The first-order valence-electron chi connectivity index (χ1n) is 8.35. The van der Waals surface area contributed by atoms with E-state index in [0.29, 0.717) is 5.75 Å². The van der Waals surface area contributed by atoms with Crippen LogP contribution in [0.15, 0.2) is 54.6 Å². The van der Waals surface area contributed by atoms with Crippen molar-refractivity contribution in [3.63, 3.8) is 0 Å². The number of hydrogen-bond acceptors (Lipinski definition) is 3. The zero-order chi connectivity index (χ0) is 18.7. The van der Waals surface area contributed by atoms with Crippen molar-refractivity contribution in [2.24, 2.45) is 5.41 Å². The molecule has 2 rings (SSSR count). The van der Waals surface area contributed by atoms with Crippen molar-refractivity contribution in [2.75, 3.05) is 0 Å². The Morgan fingerprint density at radius 1 is 0.840 bits per heavy atom. The molecule has 1 unspecified atom stereocenters. The van der Waals surface area contributed by atoms with E-state index in [1.807, 2.05) is 12.1 Å². The zero-order valence-electron chi connectivity index (χ0n) is 15.5. The number of para-hydroxylation sites is 1. The van der Waals surface area contributed by atoms with E-state index in [1.165, 1.54) is 0 Å². The van der Waals surface area contributed by atoms with Gasteiger partial charge in [-0.05, 0) is 47.1 Å². The summed E-state index contributed by atoms with van der Waals surface area (Å²) in [6.07, 6.45) is 1.02. The van der Waals surface area contributed by atoms with Crippen molar-refractivity contribution in [1.29, 1.82) is 0 Å². The van der Waals surface area contributed by atoms with Gasteiger partial charge in [0.05, 0.1) is 0 Å². The van der Waals surface area contributed by atoms with E-state index < -0.39 is 7.82 Å². The second-order valence-corrected chi connectivity index (χ2v) is 9.41. The Morgan fingerprint density at radius 2 is 1.32 bits per heavy atom. The standard InChI is InChI=1S/C20H27O4P/c1-19(2,3)15-20(4,5)16-11-13-18(14-12-16)24-25(21,22)23-17-9-7-6-8-10-17/h6-14H,15H2,1-5H3,(H,21,22). The van der Waals surface area contributed by atoms with E-state index >= 15 is 0 Å². The van der Waals surface area contributed by atoms with Gasteiger partial charge in [0, 0.05) is 0 Å². The topological polar surface area (TPSA) is 55.8 Å². The van der Waals surface area contributed by atoms with E-state index in [0.717, 1.165) is 12.0 Å². The van der Waals surface area contributed by atoms with Gasteiger partial charge in [0.1, 0.15) is 11.5 Å². The van der Waals surface area contributed by atoms with Crippen molar-refractivity contribution in [1.82, 2.24) is 0 Å². The minimum Gasteiger partial charge on any atom is -0.395 e. The van der Waals surface area contributed by atoms with Gasteiger partial charge in [0.15, 0.2) is 0 Å². The van der Waals surface area contributed by atoms with E-state index in [4.69, 9.17) is 9.05 Å². The molecule has 0 heterocycles. The van der Waals surface area contributed by atoms with Gasteiger partial charge in [0.25, 0.3) is 0 Å². The molecule has 0 spiro atoms. The maximum atomic E-state index is 12.1. The summed E-state index contributed by atoms with van der Waals surface area (Å²) in [6.45, 7) is 11.0. The second-order valence-electron chi connectivity index (χ2n) is 8.11. The van der Waals surface area contributed by atoms with Gasteiger partial charge >= 0.3 is 7.82 Å². The fourth-order valence-electron chi connectivity index (χ4n) is 3.16. The van der Waals surface area contributed by atoms with Gasteiger partial charge in [-0.15, -0.1) is 0 Å². The Morgan fingerprint density at radius 3 is 1.80 bits per heavy atom. The van der Waals surface area contributed by atoms with Crippen LogP contribution in [-0.4, -0.2) is 4.89 Å². The summed E-state index contributed by atoms with van der Waals surface area (Å²) >= 11 is 0. The molecule has 0 aromatic heterocycles. The van der Waals surface area contributed by atoms with Gasteiger partial charge in [-0.3, -0.25) is 4.89 Å². The summed E-state index contributed by atoms with van der Waals surface area (Å²) in [5.74, 6) is 0.591. The Balaban J connectivity index is 2.08. The molecule has 136 valence electrons. The minimum absolute atomic E-state index is 0.000227. The zero-order valence-corrected chi connectivity index (χ0v) is 16.4.